The molecule has 0 radical (unpaired) electrons. The summed E-state index contributed by atoms with van der Waals surface area (Å²) < 4.78 is 46.0. The largest absolute Gasteiger partial charge is 0.383 e. The van der Waals surface area contributed by atoms with Crippen LogP contribution in [0.5, 0.6) is 0 Å². The summed E-state index contributed by atoms with van der Waals surface area (Å²) in [6.45, 7) is 3.13. The van der Waals surface area contributed by atoms with Gasteiger partial charge in [0.1, 0.15) is 10.7 Å². The van der Waals surface area contributed by atoms with Crippen molar-refractivity contribution in [2.45, 2.75) is 18.4 Å². The highest BCUT2D eigenvalue weighted by Gasteiger charge is 2.21. The van der Waals surface area contributed by atoms with Crippen LogP contribution in [-0.2, 0) is 21.3 Å². The van der Waals surface area contributed by atoms with E-state index in [-0.39, 0.29) is 24.6 Å². The topological polar surface area (TPSA) is 67.4 Å². The second-order valence-electron chi connectivity index (χ2n) is 4.05. The maximum atomic E-state index is 14.3. The van der Waals surface area contributed by atoms with Gasteiger partial charge in [0.25, 0.3) is 0 Å². The van der Waals surface area contributed by atoms with Crippen LogP contribution in [0.15, 0.2) is 21.5 Å². The van der Waals surface area contributed by atoms with Gasteiger partial charge in [0.05, 0.1) is 6.61 Å². The first-order chi connectivity index (χ1) is 9.42. The number of hydrogen-bond donors (Lipinski definition) is 2. The summed E-state index contributed by atoms with van der Waals surface area (Å²) in [5, 5.41) is 2.97. The molecule has 0 unspecified atom stereocenters. The van der Waals surface area contributed by atoms with E-state index in [0.29, 0.717) is 16.6 Å². The number of benzene rings is 1. The van der Waals surface area contributed by atoms with Gasteiger partial charge in [-0.2, -0.15) is 0 Å². The highest BCUT2D eigenvalue weighted by atomic mass is 79.9. The molecule has 1 rings (SSSR count). The van der Waals surface area contributed by atoms with Gasteiger partial charge in [0.15, 0.2) is 0 Å². The molecule has 0 heterocycles. The molecular formula is C12H18BrFN2O3S. The lowest BCUT2D eigenvalue weighted by molar-refractivity contribution is 0.204. The molecule has 8 heteroatoms. The molecule has 0 aliphatic carbocycles. The minimum Gasteiger partial charge on any atom is -0.383 e. The van der Waals surface area contributed by atoms with Crippen LogP contribution >= 0.6 is 15.9 Å². The van der Waals surface area contributed by atoms with Gasteiger partial charge in [-0.3, -0.25) is 0 Å². The standard InChI is InChI=1S/C12H18BrFN2O3S/c1-3-15-8-9-6-10(13)7-11(12(9)14)20(17,18)16-4-5-19-2/h6-7,15-16H,3-5,8H2,1-2H3. The maximum Gasteiger partial charge on any atom is 0.243 e. The van der Waals surface area contributed by atoms with Gasteiger partial charge in [-0.15, -0.1) is 0 Å². The molecule has 1 aromatic carbocycles. The van der Waals surface area contributed by atoms with Gasteiger partial charge in [0.2, 0.25) is 10.0 Å². The van der Waals surface area contributed by atoms with E-state index in [2.05, 4.69) is 26.0 Å². The fraction of sp³-hybridized carbons (Fsp3) is 0.500. The van der Waals surface area contributed by atoms with Gasteiger partial charge >= 0.3 is 0 Å². The minimum absolute atomic E-state index is 0.0906. The molecule has 0 aliphatic rings. The van der Waals surface area contributed by atoms with Crippen LogP contribution in [0, 0.1) is 5.82 Å². The summed E-state index contributed by atoms with van der Waals surface area (Å²) in [4.78, 5) is -0.365. The maximum absolute atomic E-state index is 14.3. The molecule has 114 valence electrons. The molecule has 5 nitrogen and oxygen atoms in total. The third-order valence-electron chi connectivity index (χ3n) is 2.53. The zero-order chi connectivity index (χ0) is 15.2. The number of methoxy groups -OCH3 is 1. The van der Waals surface area contributed by atoms with Gasteiger partial charge in [-0.25, -0.2) is 17.5 Å². The Bertz CT molecular complexity index is 552. The first-order valence-corrected chi connectivity index (χ1v) is 8.37. The number of ether oxygens (including phenoxy) is 1. The molecule has 0 fully saturated rings. The van der Waals surface area contributed by atoms with E-state index in [1.807, 2.05) is 6.92 Å². The highest BCUT2D eigenvalue weighted by molar-refractivity contribution is 9.10. The number of nitrogens with one attached hydrogen (secondary N) is 2. The normalized spacial score (nSPS) is 11.8. The van der Waals surface area contributed by atoms with E-state index < -0.39 is 15.8 Å². The number of halogens is 2. The third-order valence-corrected chi connectivity index (χ3v) is 4.45. The van der Waals surface area contributed by atoms with E-state index in [4.69, 9.17) is 4.74 Å². The van der Waals surface area contributed by atoms with Crippen molar-refractivity contribution >= 4 is 26.0 Å². The Kier molecular flexibility index (Phi) is 7.04. The SMILES string of the molecule is CCNCc1cc(Br)cc(S(=O)(=O)NCCOC)c1F. The van der Waals surface area contributed by atoms with Crippen molar-refractivity contribution in [2.75, 3.05) is 26.8 Å². The van der Waals surface area contributed by atoms with Crippen molar-refractivity contribution in [3.8, 4) is 0 Å². The molecular weight excluding hydrogens is 351 g/mol. The predicted molar refractivity (Wildman–Crippen MR) is 78.5 cm³/mol. The Morgan fingerprint density at radius 3 is 2.70 bits per heavy atom. The van der Waals surface area contributed by atoms with E-state index >= 15 is 0 Å². The van der Waals surface area contributed by atoms with Crippen LogP contribution in [0.25, 0.3) is 0 Å². The molecule has 0 aliphatic heterocycles. The summed E-state index contributed by atoms with van der Waals surface area (Å²) in [6, 6.07) is 2.81. The summed E-state index contributed by atoms with van der Waals surface area (Å²) >= 11 is 3.20. The summed E-state index contributed by atoms with van der Waals surface area (Å²) in [5.74, 6) is -0.737. The predicted octanol–water partition coefficient (Wildman–Crippen LogP) is 1.62. The zero-order valence-electron chi connectivity index (χ0n) is 11.4. The molecule has 2 N–H and O–H groups in total. The first-order valence-electron chi connectivity index (χ1n) is 6.09. The Hall–Kier alpha value is -0.540. The first kappa shape index (κ1) is 17.5. The third kappa shape index (κ3) is 4.78. The van der Waals surface area contributed by atoms with Crippen molar-refractivity contribution < 1.29 is 17.5 Å². The lowest BCUT2D eigenvalue weighted by atomic mass is 10.2. The molecule has 0 bridgehead atoms. The van der Waals surface area contributed by atoms with Crippen molar-refractivity contribution in [1.82, 2.24) is 10.0 Å². The average Bonchev–Trinajstić information content (AvgIpc) is 2.39. The molecule has 0 spiro atoms. The summed E-state index contributed by atoms with van der Waals surface area (Å²) in [6.07, 6.45) is 0. The van der Waals surface area contributed by atoms with E-state index in [1.54, 1.807) is 6.07 Å². The van der Waals surface area contributed by atoms with Crippen LogP contribution in [0.1, 0.15) is 12.5 Å². The number of hydrogen-bond acceptors (Lipinski definition) is 4. The highest BCUT2D eigenvalue weighted by Crippen LogP contribution is 2.24. The number of rotatable bonds is 8. The van der Waals surface area contributed by atoms with Crippen LogP contribution in [0.2, 0.25) is 0 Å². The van der Waals surface area contributed by atoms with Gasteiger partial charge in [-0.05, 0) is 18.7 Å². The Balaban J connectivity index is 3.07. The molecule has 0 saturated heterocycles. The fourth-order valence-electron chi connectivity index (χ4n) is 1.56. The van der Waals surface area contributed by atoms with E-state index in [9.17, 15) is 12.8 Å². The molecule has 0 aromatic heterocycles. The van der Waals surface area contributed by atoms with Crippen molar-refractivity contribution in [2.24, 2.45) is 0 Å². The molecule has 20 heavy (non-hydrogen) atoms. The summed E-state index contributed by atoms with van der Waals surface area (Å²) in [5.41, 5.74) is 0.299. The zero-order valence-corrected chi connectivity index (χ0v) is 13.8. The molecule has 0 saturated carbocycles. The lowest BCUT2D eigenvalue weighted by Crippen LogP contribution is -2.28. The van der Waals surface area contributed by atoms with E-state index in [1.165, 1.54) is 13.2 Å². The van der Waals surface area contributed by atoms with Gasteiger partial charge in [0, 0.05) is 30.2 Å². The molecule has 0 atom stereocenters. The summed E-state index contributed by atoms with van der Waals surface area (Å²) in [7, 11) is -2.44. The van der Waals surface area contributed by atoms with Crippen LogP contribution in [0.4, 0.5) is 4.39 Å². The smallest absolute Gasteiger partial charge is 0.243 e. The lowest BCUT2D eigenvalue weighted by Gasteiger charge is -2.11. The number of sulfonamides is 1. The Morgan fingerprint density at radius 1 is 1.40 bits per heavy atom. The van der Waals surface area contributed by atoms with Crippen molar-refractivity contribution in [3.05, 3.63) is 28.0 Å². The quantitative estimate of drug-likeness (QED) is 0.684. The van der Waals surface area contributed by atoms with Gasteiger partial charge < -0.3 is 10.1 Å². The second-order valence-corrected chi connectivity index (χ2v) is 6.70. The van der Waals surface area contributed by atoms with Crippen LogP contribution in [0.3, 0.4) is 0 Å². The monoisotopic (exact) mass is 368 g/mol. The van der Waals surface area contributed by atoms with Crippen molar-refractivity contribution in [1.29, 1.82) is 0 Å². The van der Waals surface area contributed by atoms with Gasteiger partial charge in [-0.1, -0.05) is 22.9 Å². The Morgan fingerprint density at radius 2 is 2.10 bits per heavy atom. The average molecular weight is 369 g/mol. The van der Waals surface area contributed by atoms with E-state index in [0.717, 1.165) is 0 Å². The fourth-order valence-corrected chi connectivity index (χ4v) is 3.37. The Labute approximate surface area is 127 Å². The van der Waals surface area contributed by atoms with Crippen LogP contribution in [-0.4, -0.2) is 35.2 Å². The molecule has 0 amide bonds. The second kappa shape index (κ2) is 8.04. The van der Waals surface area contributed by atoms with Crippen molar-refractivity contribution in [3.63, 3.8) is 0 Å². The van der Waals surface area contributed by atoms with Crippen LogP contribution < -0.4 is 10.0 Å². The minimum atomic E-state index is -3.90. The molecule has 1 aromatic rings.